The van der Waals surface area contributed by atoms with Crippen LogP contribution in [0.4, 0.5) is 0 Å². The summed E-state index contributed by atoms with van der Waals surface area (Å²) >= 11 is 0. The maximum atomic E-state index is 12.0. The number of ether oxygens (including phenoxy) is 1. The van der Waals surface area contributed by atoms with Crippen molar-refractivity contribution in [1.29, 1.82) is 0 Å². The van der Waals surface area contributed by atoms with E-state index in [9.17, 15) is 9.59 Å². The van der Waals surface area contributed by atoms with Crippen LogP contribution in [0.15, 0.2) is 0 Å². The smallest absolute Gasteiger partial charge is 0.305 e. The fourth-order valence-corrected chi connectivity index (χ4v) is 2.12. The van der Waals surface area contributed by atoms with Gasteiger partial charge in [0.05, 0.1) is 18.9 Å². The van der Waals surface area contributed by atoms with Gasteiger partial charge in [0.2, 0.25) is 5.91 Å². The van der Waals surface area contributed by atoms with E-state index >= 15 is 0 Å². The minimum Gasteiger partial charge on any atom is -0.481 e. The third-order valence-electron chi connectivity index (χ3n) is 3.53. The number of carbonyl (C=O) groups is 2. The second-order valence-corrected chi connectivity index (χ2v) is 4.61. The number of carboxylic acids is 1. The first-order valence-electron chi connectivity index (χ1n) is 6.14. The van der Waals surface area contributed by atoms with Crippen molar-refractivity contribution >= 4 is 11.9 Å². The largest absolute Gasteiger partial charge is 0.481 e. The number of aliphatic carboxylic acids is 1. The molecule has 1 aliphatic heterocycles. The van der Waals surface area contributed by atoms with Crippen LogP contribution in [0, 0.1) is 5.92 Å². The van der Waals surface area contributed by atoms with Gasteiger partial charge >= 0.3 is 5.97 Å². The lowest BCUT2D eigenvalue weighted by Gasteiger charge is -2.32. The summed E-state index contributed by atoms with van der Waals surface area (Å²) in [5, 5.41) is 11.8. The van der Waals surface area contributed by atoms with Crippen molar-refractivity contribution in [2.75, 3.05) is 13.2 Å². The van der Waals surface area contributed by atoms with Gasteiger partial charge < -0.3 is 15.2 Å². The van der Waals surface area contributed by atoms with Gasteiger partial charge in [-0.2, -0.15) is 0 Å². The molecule has 1 fully saturated rings. The highest BCUT2D eigenvalue weighted by Crippen LogP contribution is 2.22. The van der Waals surface area contributed by atoms with E-state index in [1.165, 1.54) is 0 Å². The summed E-state index contributed by atoms with van der Waals surface area (Å²) in [6, 6.07) is 0. The third-order valence-corrected chi connectivity index (χ3v) is 3.53. The van der Waals surface area contributed by atoms with Gasteiger partial charge in [0.25, 0.3) is 0 Å². The quantitative estimate of drug-likeness (QED) is 0.734. The summed E-state index contributed by atoms with van der Waals surface area (Å²) in [5.41, 5.74) is -0.620. The van der Waals surface area contributed by atoms with Crippen molar-refractivity contribution in [2.45, 2.75) is 45.1 Å². The molecule has 2 N–H and O–H groups in total. The van der Waals surface area contributed by atoms with Crippen molar-refractivity contribution in [1.82, 2.24) is 5.32 Å². The number of hydrogen-bond donors (Lipinski definition) is 2. The fourth-order valence-electron chi connectivity index (χ4n) is 2.12. The average Bonchev–Trinajstić information content (AvgIpc) is 2.80. The zero-order valence-electron chi connectivity index (χ0n) is 10.5. The highest BCUT2D eigenvalue weighted by atomic mass is 16.5. The lowest BCUT2D eigenvalue weighted by molar-refractivity contribution is -0.139. The Kier molecular flexibility index (Phi) is 4.93. The molecule has 0 aromatic heterocycles. The molecule has 1 rings (SSSR count). The number of hydrogen-bond acceptors (Lipinski definition) is 3. The second kappa shape index (κ2) is 6.00. The van der Waals surface area contributed by atoms with Crippen molar-refractivity contribution in [3.63, 3.8) is 0 Å². The highest BCUT2D eigenvalue weighted by molar-refractivity contribution is 5.80. The topological polar surface area (TPSA) is 75.6 Å². The Labute approximate surface area is 102 Å². The predicted octanol–water partition coefficient (Wildman–Crippen LogP) is 1.17. The number of rotatable bonds is 6. The lowest BCUT2D eigenvalue weighted by Crippen LogP contribution is -2.51. The van der Waals surface area contributed by atoms with E-state index in [4.69, 9.17) is 9.84 Å². The minimum atomic E-state index is -0.878. The van der Waals surface area contributed by atoms with Crippen LogP contribution in [0.25, 0.3) is 0 Å². The summed E-state index contributed by atoms with van der Waals surface area (Å²) in [5.74, 6) is -1.08. The van der Waals surface area contributed by atoms with Crippen molar-refractivity contribution in [3.05, 3.63) is 0 Å². The molecule has 1 amide bonds. The molecule has 0 aromatic rings. The molecule has 1 heterocycles. The van der Waals surface area contributed by atoms with Crippen LogP contribution in [0.1, 0.15) is 39.5 Å². The average molecular weight is 243 g/mol. The van der Waals surface area contributed by atoms with Gasteiger partial charge in [-0.1, -0.05) is 13.8 Å². The number of carboxylic acid groups (broad SMARTS) is 1. The van der Waals surface area contributed by atoms with E-state index in [2.05, 4.69) is 5.32 Å². The monoisotopic (exact) mass is 243 g/mol. The Morgan fingerprint density at radius 3 is 2.47 bits per heavy atom. The summed E-state index contributed by atoms with van der Waals surface area (Å²) in [6.07, 6.45) is 1.94. The molecule has 98 valence electrons. The maximum Gasteiger partial charge on any atom is 0.305 e. The molecule has 5 nitrogen and oxygen atoms in total. The molecule has 0 radical (unpaired) electrons. The molecule has 0 bridgehead atoms. The Morgan fingerprint density at radius 1 is 1.41 bits per heavy atom. The summed E-state index contributed by atoms with van der Waals surface area (Å²) < 4.78 is 5.16. The van der Waals surface area contributed by atoms with E-state index in [0.717, 1.165) is 6.42 Å². The van der Waals surface area contributed by atoms with Crippen molar-refractivity contribution < 1.29 is 19.4 Å². The molecule has 17 heavy (non-hydrogen) atoms. The molecular weight excluding hydrogens is 222 g/mol. The zero-order valence-corrected chi connectivity index (χ0v) is 10.5. The van der Waals surface area contributed by atoms with Crippen molar-refractivity contribution in [2.24, 2.45) is 5.92 Å². The van der Waals surface area contributed by atoms with Crippen molar-refractivity contribution in [3.8, 4) is 0 Å². The van der Waals surface area contributed by atoms with Crippen LogP contribution in [0.5, 0.6) is 0 Å². The molecule has 0 saturated carbocycles. The van der Waals surface area contributed by atoms with Gasteiger partial charge in [0, 0.05) is 12.1 Å². The first-order chi connectivity index (χ1) is 8.03. The summed E-state index contributed by atoms with van der Waals surface area (Å²) in [4.78, 5) is 22.8. The van der Waals surface area contributed by atoms with Gasteiger partial charge in [-0.3, -0.25) is 9.59 Å². The molecule has 1 aliphatic rings. The van der Waals surface area contributed by atoms with E-state index in [1.807, 2.05) is 13.8 Å². The van der Waals surface area contributed by atoms with Crippen LogP contribution in [-0.2, 0) is 14.3 Å². The summed E-state index contributed by atoms with van der Waals surface area (Å²) in [6.45, 7) is 4.86. The molecule has 0 aliphatic carbocycles. The number of amides is 1. The fraction of sp³-hybridized carbons (Fsp3) is 0.833. The SMILES string of the molecule is CCC(CC)(CC(=O)O)NC(=O)C1CCOC1. The van der Waals surface area contributed by atoms with E-state index in [0.29, 0.717) is 26.1 Å². The predicted molar refractivity (Wildman–Crippen MR) is 62.6 cm³/mol. The van der Waals surface area contributed by atoms with Crippen LogP contribution >= 0.6 is 0 Å². The van der Waals surface area contributed by atoms with Gasteiger partial charge in [0.15, 0.2) is 0 Å². The minimum absolute atomic E-state index is 0.0285. The van der Waals surface area contributed by atoms with Crippen LogP contribution in [0.3, 0.4) is 0 Å². The molecule has 0 aromatic carbocycles. The highest BCUT2D eigenvalue weighted by Gasteiger charge is 2.34. The molecular formula is C12H21NO4. The second-order valence-electron chi connectivity index (χ2n) is 4.61. The Balaban J connectivity index is 2.64. The van der Waals surface area contributed by atoms with Crippen LogP contribution in [0.2, 0.25) is 0 Å². The van der Waals surface area contributed by atoms with Gasteiger partial charge in [-0.25, -0.2) is 0 Å². The molecule has 1 atom stereocenters. The summed E-state index contributed by atoms with van der Waals surface area (Å²) in [7, 11) is 0. The Hall–Kier alpha value is -1.10. The standard InChI is InChI=1S/C12H21NO4/c1-3-12(4-2,7-10(14)15)13-11(16)9-5-6-17-8-9/h9H,3-8H2,1-2H3,(H,13,16)(H,14,15). The molecule has 1 saturated heterocycles. The van der Waals surface area contributed by atoms with E-state index in [-0.39, 0.29) is 18.2 Å². The molecule has 1 unspecified atom stereocenters. The third kappa shape index (κ3) is 3.70. The van der Waals surface area contributed by atoms with Gasteiger partial charge in [0.1, 0.15) is 0 Å². The molecule has 0 spiro atoms. The number of carbonyl (C=O) groups excluding carboxylic acids is 1. The molecule has 5 heteroatoms. The number of nitrogens with one attached hydrogen (secondary N) is 1. The van der Waals surface area contributed by atoms with Gasteiger partial charge in [-0.15, -0.1) is 0 Å². The zero-order chi connectivity index (χ0) is 12.9. The normalized spacial score (nSPS) is 20.2. The first kappa shape index (κ1) is 14.0. The Morgan fingerprint density at radius 2 is 2.06 bits per heavy atom. The lowest BCUT2D eigenvalue weighted by atomic mass is 9.88. The van der Waals surface area contributed by atoms with E-state index in [1.54, 1.807) is 0 Å². The van der Waals surface area contributed by atoms with Crippen LogP contribution in [-0.4, -0.2) is 35.7 Å². The first-order valence-corrected chi connectivity index (χ1v) is 6.14. The van der Waals surface area contributed by atoms with Gasteiger partial charge in [-0.05, 0) is 19.3 Å². The Bertz CT molecular complexity index is 280. The maximum absolute atomic E-state index is 12.0. The van der Waals surface area contributed by atoms with E-state index < -0.39 is 11.5 Å². The van der Waals surface area contributed by atoms with Crippen LogP contribution < -0.4 is 5.32 Å².